The number of hydrogen-bond acceptors (Lipinski definition) is 1. The molecule has 2 aromatic carbocycles. The molecule has 82 valence electrons. The molecular formula is C12H7Cl2FO. The fourth-order valence-electron chi connectivity index (χ4n) is 1.42. The van der Waals surface area contributed by atoms with Gasteiger partial charge in [0.2, 0.25) is 0 Å². The van der Waals surface area contributed by atoms with E-state index in [1.165, 1.54) is 12.1 Å². The zero-order valence-electron chi connectivity index (χ0n) is 8.05. The second kappa shape index (κ2) is 4.32. The molecule has 0 heterocycles. The van der Waals surface area contributed by atoms with Crippen molar-refractivity contribution in [1.29, 1.82) is 0 Å². The molecule has 0 aliphatic heterocycles. The summed E-state index contributed by atoms with van der Waals surface area (Å²) in [5.74, 6) is -1.15. The van der Waals surface area contributed by atoms with Crippen LogP contribution in [0.5, 0.6) is 5.75 Å². The molecule has 2 aromatic rings. The largest absolute Gasteiger partial charge is 0.505 e. The van der Waals surface area contributed by atoms with Gasteiger partial charge in [-0.05, 0) is 29.8 Å². The normalized spacial score (nSPS) is 10.4. The summed E-state index contributed by atoms with van der Waals surface area (Å²) < 4.78 is 13.7. The lowest BCUT2D eigenvalue weighted by Gasteiger charge is -2.07. The Morgan fingerprint density at radius 3 is 2.19 bits per heavy atom. The maximum atomic E-state index is 13.7. The highest BCUT2D eigenvalue weighted by Crippen LogP contribution is 2.35. The standard InChI is InChI=1S/C12H7Cl2FO/c13-8-3-1-7(2-4-8)11-9(14)5-6-10(16)12(11)15/h1-6,16H. The molecule has 0 unspecified atom stereocenters. The van der Waals surface area contributed by atoms with Crippen LogP contribution in [0.2, 0.25) is 10.0 Å². The van der Waals surface area contributed by atoms with Crippen LogP contribution < -0.4 is 0 Å². The zero-order chi connectivity index (χ0) is 11.7. The first-order chi connectivity index (χ1) is 7.59. The monoisotopic (exact) mass is 256 g/mol. The fourth-order valence-corrected chi connectivity index (χ4v) is 1.80. The van der Waals surface area contributed by atoms with Crippen LogP contribution in [-0.2, 0) is 0 Å². The Morgan fingerprint density at radius 2 is 1.56 bits per heavy atom. The lowest BCUT2D eigenvalue weighted by molar-refractivity contribution is 0.433. The SMILES string of the molecule is Oc1ccc(Cl)c(-c2ccc(Cl)cc2)c1F. The number of phenolic OH excluding ortho intramolecular Hbond substituents is 1. The van der Waals surface area contributed by atoms with Gasteiger partial charge in [0, 0.05) is 10.6 Å². The second-order valence-electron chi connectivity index (χ2n) is 3.26. The summed E-state index contributed by atoms with van der Waals surface area (Å²) in [4.78, 5) is 0. The van der Waals surface area contributed by atoms with Gasteiger partial charge < -0.3 is 5.11 Å². The van der Waals surface area contributed by atoms with Gasteiger partial charge in [-0.15, -0.1) is 0 Å². The molecule has 0 atom stereocenters. The molecule has 0 amide bonds. The predicted octanol–water partition coefficient (Wildman–Crippen LogP) is 4.51. The molecule has 0 fully saturated rings. The third kappa shape index (κ3) is 1.99. The van der Waals surface area contributed by atoms with Crippen LogP contribution in [0.15, 0.2) is 36.4 Å². The Labute approximate surface area is 102 Å². The third-order valence-corrected chi connectivity index (χ3v) is 2.77. The van der Waals surface area contributed by atoms with Crippen molar-refractivity contribution in [3.8, 4) is 16.9 Å². The minimum Gasteiger partial charge on any atom is -0.505 e. The van der Waals surface area contributed by atoms with E-state index in [2.05, 4.69) is 0 Å². The maximum absolute atomic E-state index is 13.7. The molecule has 0 radical (unpaired) electrons. The minimum atomic E-state index is -0.727. The van der Waals surface area contributed by atoms with E-state index in [9.17, 15) is 9.50 Å². The summed E-state index contributed by atoms with van der Waals surface area (Å²) in [6.07, 6.45) is 0. The quantitative estimate of drug-likeness (QED) is 0.797. The number of phenols is 1. The highest BCUT2D eigenvalue weighted by molar-refractivity contribution is 6.33. The van der Waals surface area contributed by atoms with Crippen molar-refractivity contribution < 1.29 is 9.50 Å². The van der Waals surface area contributed by atoms with Gasteiger partial charge in [0.05, 0.1) is 5.02 Å². The molecule has 0 spiro atoms. The average Bonchev–Trinajstić information content (AvgIpc) is 2.27. The lowest BCUT2D eigenvalue weighted by Crippen LogP contribution is -1.86. The van der Waals surface area contributed by atoms with Crippen LogP contribution in [0.3, 0.4) is 0 Å². The first kappa shape index (κ1) is 11.2. The Balaban J connectivity index is 2.63. The molecule has 0 saturated heterocycles. The van der Waals surface area contributed by atoms with Crippen LogP contribution in [0.1, 0.15) is 0 Å². The molecule has 1 nitrogen and oxygen atoms in total. The van der Waals surface area contributed by atoms with E-state index in [-0.39, 0.29) is 10.6 Å². The van der Waals surface area contributed by atoms with E-state index in [1.807, 2.05) is 0 Å². The van der Waals surface area contributed by atoms with E-state index < -0.39 is 11.6 Å². The zero-order valence-corrected chi connectivity index (χ0v) is 9.56. The van der Waals surface area contributed by atoms with Crippen molar-refractivity contribution in [1.82, 2.24) is 0 Å². The highest BCUT2D eigenvalue weighted by Gasteiger charge is 2.13. The van der Waals surface area contributed by atoms with Crippen LogP contribution in [-0.4, -0.2) is 5.11 Å². The second-order valence-corrected chi connectivity index (χ2v) is 4.11. The summed E-state index contributed by atoms with van der Waals surface area (Å²) in [7, 11) is 0. The molecule has 0 aliphatic rings. The van der Waals surface area contributed by atoms with Crippen LogP contribution >= 0.6 is 23.2 Å². The maximum Gasteiger partial charge on any atom is 0.174 e. The van der Waals surface area contributed by atoms with Crippen molar-refractivity contribution in [2.75, 3.05) is 0 Å². The summed E-state index contributed by atoms with van der Waals surface area (Å²) in [6, 6.07) is 9.23. The molecule has 2 rings (SSSR count). The molecule has 16 heavy (non-hydrogen) atoms. The third-order valence-electron chi connectivity index (χ3n) is 2.20. The molecule has 0 bridgehead atoms. The summed E-state index contributed by atoms with van der Waals surface area (Å²) in [5, 5.41) is 10.1. The molecule has 4 heteroatoms. The van der Waals surface area contributed by atoms with Crippen molar-refractivity contribution in [2.45, 2.75) is 0 Å². The lowest BCUT2D eigenvalue weighted by atomic mass is 10.0. The van der Waals surface area contributed by atoms with Gasteiger partial charge in [0.15, 0.2) is 11.6 Å². The van der Waals surface area contributed by atoms with Crippen LogP contribution in [0, 0.1) is 5.82 Å². The van der Waals surface area contributed by atoms with E-state index >= 15 is 0 Å². The highest BCUT2D eigenvalue weighted by atomic mass is 35.5. The van der Waals surface area contributed by atoms with Gasteiger partial charge in [-0.2, -0.15) is 0 Å². The minimum absolute atomic E-state index is 0.179. The Kier molecular flexibility index (Phi) is 3.03. The first-order valence-corrected chi connectivity index (χ1v) is 5.28. The smallest absolute Gasteiger partial charge is 0.174 e. The van der Waals surface area contributed by atoms with Gasteiger partial charge in [0.25, 0.3) is 0 Å². The van der Waals surface area contributed by atoms with Gasteiger partial charge >= 0.3 is 0 Å². The Hall–Kier alpha value is -1.25. The summed E-state index contributed by atoms with van der Waals surface area (Å²) in [6.45, 7) is 0. The van der Waals surface area contributed by atoms with Crippen molar-refractivity contribution in [3.05, 3.63) is 52.3 Å². The van der Waals surface area contributed by atoms with E-state index in [0.717, 1.165) is 0 Å². The number of halogens is 3. The van der Waals surface area contributed by atoms with Gasteiger partial charge in [-0.25, -0.2) is 4.39 Å². The fraction of sp³-hybridized carbons (Fsp3) is 0. The molecule has 0 aliphatic carbocycles. The Bertz CT molecular complexity index is 523. The number of benzene rings is 2. The van der Waals surface area contributed by atoms with Gasteiger partial charge in [-0.1, -0.05) is 35.3 Å². The number of rotatable bonds is 1. The molecular weight excluding hydrogens is 250 g/mol. The summed E-state index contributed by atoms with van der Waals surface area (Å²) in [5.41, 5.74) is 0.751. The number of hydrogen-bond donors (Lipinski definition) is 1. The first-order valence-electron chi connectivity index (χ1n) is 4.52. The van der Waals surface area contributed by atoms with E-state index in [0.29, 0.717) is 10.6 Å². The number of aromatic hydroxyl groups is 1. The van der Waals surface area contributed by atoms with Crippen molar-refractivity contribution in [2.24, 2.45) is 0 Å². The Morgan fingerprint density at radius 1 is 0.938 bits per heavy atom. The average molecular weight is 257 g/mol. The predicted molar refractivity (Wildman–Crippen MR) is 63.5 cm³/mol. The van der Waals surface area contributed by atoms with Crippen molar-refractivity contribution in [3.63, 3.8) is 0 Å². The summed E-state index contributed by atoms with van der Waals surface area (Å²) >= 11 is 11.6. The van der Waals surface area contributed by atoms with E-state index in [4.69, 9.17) is 23.2 Å². The van der Waals surface area contributed by atoms with Crippen LogP contribution in [0.25, 0.3) is 11.1 Å². The molecule has 0 aromatic heterocycles. The topological polar surface area (TPSA) is 20.2 Å². The van der Waals surface area contributed by atoms with Gasteiger partial charge in [-0.3, -0.25) is 0 Å². The molecule has 1 N–H and O–H groups in total. The van der Waals surface area contributed by atoms with Crippen molar-refractivity contribution >= 4 is 23.2 Å². The van der Waals surface area contributed by atoms with E-state index in [1.54, 1.807) is 24.3 Å². The van der Waals surface area contributed by atoms with Gasteiger partial charge in [0.1, 0.15) is 0 Å². The van der Waals surface area contributed by atoms with Crippen LogP contribution in [0.4, 0.5) is 4.39 Å². The molecule has 0 saturated carbocycles.